The molecule has 1 aliphatic heterocycles. The molecule has 3 aromatic rings. The van der Waals surface area contributed by atoms with Crippen LogP contribution in [0.1, 0.15) is 19.0 Å². The van der Waals surface area contributed by atoms with Gasteiger partial charge in [-0.3, -0.25) is 9.58 Å². The van der Waals surface area contributed by atoms with Crippen LogP contribution in [0.2, 0.25) is 0 Å². The van der Waals surface area contributed by atoms with Crippen LogP contribution in [-0.4, -0.2) is 38.5 Å². The summed E-state index contributed by atoms with van der Waals surface area (Å²) in [5, 5.41) is 7.28. The number of cyclic esters (lactones) is 1. The average molecular weight is 374 g/mol. The van der Waals surface area contributed by atoms with Gasteiger partial charge < -0.3 is 10.1 Å². The molecule has 4 rings (SSSR count). The highest BCUT2D eigenvalue weighted by atomic mass is 19.3. The Bertz CT molecular complexity index is 1020. The van der Waals surface area contributed by atoms with Crippen molar-refractivity contribution in [3.63, 3.8) is 0 Å². The van der Waals surface area contributed by atoms with Gasteiger partial charge in [0.15, 0.2) is 5.69 Å². The second-order valence-electron chi connectivity index (χ2n) is 6.26. The standard InChI is InChI=1S/C17H16F2N6O2/c1-9-8-27-17(26)25(9)11-4-3-10-6-20-16(21-12(10)5-11)22-13-7-24(2)23-14(13)15(18)19/h3-7,9,15H,8H2,1-2H3,(H,20,21,22)/t9-/m0/s1. The van der Waals surface area contributed by atoms with Gasteiger partial charge in [-0.2, -0.15) is 5.10 Å². The predicted octanol–water partition coefficient (Wildman–Crippen LogP) is 3.39. The molecule has 10 heteroatoms. The van der Waals surface area contributed by atoms with Crippen molar-refractivity contribution in [3.05, 3.63) is 36.3 Å². The maximum Gasteiger partial charge on any atom is 0.414 e. The third kappa shape index (κ3) is 3.14. The van der Waals surface area contributed by atoms with E-state index in [2.05, 4.69) is 20.4 Å². The second kappa shape index (κ2) is 6.45. The zero-order valence-corrected chi connectivity index (χ0v) is 14.6. The molecule has 140 valence electrons. The normalized spacial score (nSPS) is 17.0. The van der Waals surface area contributed by atoms with Crippen molar-refractivity contribution in [2.24, 2.45) is 7.05 Å². The summed E-state index contributed by atoms with van der Waals surface area (Å²) in [5.41, 5.74) is 0.986. The summed E-state index contributed by atoms with van der Waals surface area (Å²) in [6.45, 7) is 2.21. The highest BCUT2D eigenvalue weighted by Gasteiger charge is 2.31. The van der Waals surface area contributed by atoms with E-state index in [4.69, 9.17) is 4.74 Å². The van der Waals surface area contributed by atoms with Gasteiger partial charge in [0.05, 0.1) is 17.2 Å². The van der Waals surface area contributed by atoms with E-state index in [1.807, 2.05) is 6.92 Å². The number of aryl methyl sites for hydroxylation is 1. The van der Waals surface area contributed by atoms with Crippen molar-refractivity contribution in [2.75, 3.05) is 16.8 Å². The van der Waals surface area contributed by atoms with Crippen molar-refractivity contribution in [2.45, 2.75) is 19.4 Å². The molecule has 3 heterocycles. The molecular formula is C17H16F2N6O2. The first-order valence-corrected chi connectivity index (χ1v) is 8.24. The van der Waals surface area contributed by atoms with Crippen LogP contribution in [0.25, 0.3) is 10.9 Å². The molecule has 0 bridgehead atoms. The summed E-state index contributed by atoms with van der Waals surface area (Å²) in [6, 6.07) is 5.24. The maximum absolute atomic E-state index is 13.1. The smallest absolute Gasteiger partial charge is 0.414 e. The minimum absolute atomic E-state index is 0.0848. The van der Waals surface area contributed by atoms with E-state index in [-0.39, 0.29) is 23.4 Å². The van der Waals surface area contributed by atoms with Crippen molar-refractivity contribution in [1.82, 2.24) is 19.7 Å². The van der Waals surface area contributed by atoms with Crippen molar-refractivity contribution < 1.29 is 18.3 Å². The van der Waals surface area contributed by atoms with Crippen molar-refractivity contribution in [1.29, 1.82) is 0 Å². The first kappa shape index (κ1) is 17.1. The summed E-state index contributed by atoms with van der Waals surface area (Å²) in [4.78, 5) is 22.0. The monoisotopic (exact) mass is 374 g/mol. The highest BCUT2D eigenvalue weighted by Crippen LogP contribution is 2.29. The van der Waals surface area contributed by atoms with Gasteiger partial charge in [0.25, 0.3) is 6.43 Å². The molecule has 1 aliphatic rings. The second-order valence-corrected chi connectivity index (χ2v) is 6.26. The third-order valence-corrected chi connectivity index (χ3v) is 4.24. The van der Waals surface area contributed by atoms with E-state index in [0.29, 0.717) is 17.8 Å². The fourth-order valence-corrected chi connectivity index (χ4v) is 2.98. The number of halogens is 2. The van der Waals surface area contributed by atoms with Crippen LogP contribution < -0.4 is 10.2 Å². The number of carbonyl (C=O) groups is 1. The number of alkyl halides is 2. The zero-order valence-electron chi connectivity index (χ0n) is 14.6. The molecule has 27 heavy (non-hydrogen) atoms. The molecule has 1 saturated heterocycles. The number of rotatable bonds is 4. The van der Waals surface area contributed by atoms with E-state index in [0.717, 1.165) is 5.39 Å². The zero-order chi connectivity index (χ0) is 19.1. The molecule has 1 atom stereocenters. The third-order valence-electron chi connectivity index (χ3n) is 4.24. The number of nitrogens with zero attached hydrogens (tertiary/aromatic N) is 5. The van der Waals surface area contributed by atoms with E-state index in [1.54, 1.807) is 36.3 Å². The number of nitrogens with one attached hydrogen (secondary N) is 1. The lowest BCUT2D eigenvalue weighted by Gasteiger charge is -2.18. The quantitative estimate of drug-likeness (QED) is 0.753. The number of amides is 1. The Labute approximate surface area is 152 Å². The van der Waals surface area contributed by atoms with Crippen LogP contribution in [0.4, 0.5) is 30.9 Å². The number of hydrogen-bond donors (Lipinski definition) is 1. The minimum atomic E-state index is -2.72. The van der Waals surface area contributed by atoms with E-state index >= 15 is 0 Å². The molecule has 0 spiro atoms. The Hall–Kier alpha value is -3.30. The molecule has 0 unspecified atom stereocenters. The number of aromatic nitrogens is 4. The largest absolute Gasteiger partial charge is 0.447 e. The van der Waals surface area contributed by atoms with E-state index < -0.39 is 12.5 Å². The molecule has 1 fully saturated rings. The lowest BCUT2D eigenvalue weighted by Crippen LogP contribution is -2.30. The van der Waals surface area contributed by atoms with Crippen molar-refractivity contribution >= 4 is 34.3 Å². The van der Waals surface area contributed by atoms with Gasteiger partial charge in [-0.15, -0.1) is 0 Å². The van der Waals surface area contributed by atoms with Crippen molar-refractivity contribution in [3.8, 4) is 0 Å². The molecule has 1 aromatic carbocycles. The first-order chi connectivity index (χ1) is 12.9. The summed E-state index contributed by atoms with van der Waals surface area (Å²) in [7, 11) is 1.56. The topological polar surface area (TPSA) is 85.2 Å². The number of ether oxygens (including phenoxy) is 1. The molecule has 2 aromatic heterocycles. The average Bonchev–Trinajstić information content (AvgIpc) is 3.16. The van der Waals surface area contributed by atoms with Gasteiger partial charge in [0, 0.05) is 30.5 Å². The number of fused-ring (bicyclic) bond motifs is 1. The maximum atomic E-state index is 13.1. The van der Waals surface area contributed by atoms with E-state index in [1.165, 1.54) is 10.9 Å². The van der Waals surface area contributed by atoms with Gasteiger partial charge in [-0.05, 0) is 25.1 Å². The SMILES string of the molecule is C[C@H]1COC(=O)N1c1ccc2cnc(Nc3cn(C)nc3C(F)F)nc2c1. The number of carbonyl (C=O) groups excluding carboxylic acids is 1. The molecule has 0 aliphatic carbocycles. The van der Waals surface area contributed by atoms with Crippen LogP contribution in [0, 0.1) is 0 Å². The van der Waals surface area contributed by atoms with Gasteiger partial charge >= 0.3 is 6.09 Å². The van der Waals surface area contributed by atoms with Gasteiger partial charge in [-0.25, -0.2) is 23.5 Å². The Kier molecular flexibility index (Phi) is 4.09. The number of hydrogen-bond acceptors (Lipinski definition) is 6. The Morgan fingerprint density at radius 2 is 2.19 bits per heavy atom. The molecule has 0 saturated carbocycles. The fourth-order valence-electron chi connectivity index (χ4n) is 2.98. The molecule has 1 N–H and O–H groups in total. The number of benzene rings is 1. The van der Waals surface area contributed by atoms with Crippen LogP contribution in [0.3, 0.4) is 0 Å². The Morgan fingerprint density at radius 3 is 2.89 bits per heavy atom. The predicted molar refractivity (Wildman–Crippen MR) is 94.3 cm³/mol. The van der Waals surface area contributed by atoms with Gasteiger partial charge in [-0.1, -0.05) is 0 Å². The first-order valence-electron chi connectivity index (χ1n) is 8.24. The summed E-state index contributed by atoms with van der Waals surface area (Å²) >= 11 is 0. The van der Waals surface area contributed by atoms with Crippen LogP contribution in [0.5, 0.6) is 0 Å². The Morgan fingerprint density at radius 1 is 1.37 bits per heavy atom. The minimum Gasteiger partial charge on any atom is -0.447 e. The molecule has 1 amide bonds. The summed E-state index contributed by atoms with van der Waals surface area (Å²) in [6.07, 6.45) is -0.110. The molecule has 0 radical (unpaired) electrons. The van der Waals surface area contributed by atoms with E-state index in [9.17, 15) is 13.6 Å². The highest BCUT2D eigenvalue weighted by molar-refractivity contribution is 5.93. The summed E-state index contributed by atoms with van der Waals surface area (Å²) < 4.78 is 32.5. The summed E-state index contributed by atoms with van der Waals surface area (Å²) in [5.74, 6) is 0.159. The lowest BCUT2D eigenvalue weighted by molar-refractivity contribution is 0.146. The van der Waals surface area contributed by atoms with Crippen LogP contribution in [0.15, 0.2) is 30.6 Å². The number of anilines is 3. The van der Waals surface area contributed by atoms with Crippen LogP contribution >= 0.6 is 0 Å². The lowest BCUT2D eigenvalue weighted by atomic mass is 10.2. The fraction of sp³-hybridized carbons (Fsp3) is 0.294. The molecular weight excluding hydrogens is 358 g/mol. The Balaban J connectivity index is 1.68. The van der Waals surface area contributed by atoms with Gasteiger partial charge in [0.2, 0.25) is 5.95 Å². The molecule has 8 nitrogen and oxygen atoms in total. The van der Waals surface area contributed by atoms with Gasteiger partial charge in [0.1, 0.15) is 6.61 Å². The van der Waals surface area contributed by atoms with Crippen LogP contribution in [-0.2, 0) is 11.8 Å².